The van der Waals surface area contributed by atoms with E-state index in [4.69, 9.17) is 4.74 Å². The van der Waals surface area contributed by atoms with E-state index in [0.717, 1.165) is 35.1 Å². The Kier molecular flexibility index (Phi) is 6.74. The molecule has 10 heteroatoms. The van der Waals surface area contributed by atoms with Gasteiger partial charge >= 0.3 is 11.7 Å². The Labute approximate surface area is 182 Å². The van der Waals surface area contributed by atoms with Gasteiger partial charge in [-0.25, -0.2) is 9.48 Å². The highest BCUT2D eigenvalue weighted by Gasteiger charge is 2.16. The summed E-state index contributed by atoms with van der Waals surface area (Å²) in [4.78, 5) is 33.8. The van der Waals surface area contributed by atoms with Crippen LogP contribution in [0.15, 0.2) is 54.6 Å². The molecule has 9 nitrogen and oxygen atoms in total. The van der Waals surface area contributed by atoms with Crippen molar-refractivity contribution < 1.29 is 23.6 Å². The number of aryl methyl sites for hydroxylation is 1. The van der Waals surface area contributed by atoms with Gasteiger partial charge in [-0.2, -0.15) is 9.49 Å². The van der Waals surface area contributed by atoms with Gasteiger partial charge in [-0.1, -0.05) is 18.2 Å². The minimum absolute atomic E-state index is 0.00858. The van der Waals surface area contributed by atoms with Gasteiger partial charge < -0.3 is 10.1 Å². The molecule has 0 bridgehead atoms. The maximum Gasteiger partial charge on any atom is 0.331 e. The number of nitrogens with one attached hydrogen (secondary N) is 1. The van der Waals surface area contributed by atoms with Crippen molar-refractivity contribution >= 4 is 29.3 Å². The molecule has 0 fully saturated rings. The SMILES string of the molecule is Cc1nn(-c2ccccc2)c(C)c1/C=C/C(=O)OCC(=O)Nc1ccc(F)c([N+](=O)[O-])c1. The van der Waals surface area contributed by atoms with Gasteiger partial charge in [0.25, 0.3) is 5.91 Å². The summed E-state index contributed by atoms with van der Waals surface area (Å²) in [7, 11) is 0. The molecule has 0 unspecified atom stereocenters. The number of para-hydroxylation sites is 1. The van der Waals surface area contributed by atoms with Crippen molar-refractivity contribution in [3.63, 3.8) is 0 Å². The number of amides is 1. The van der Waals surface area contributed by atoms with E-state index in [0.29, 0.717) is 5.69 Å². The molecule has 3 aromatic rings. The summed E-state index contributed by atoms with van der Waals surface area (Å²) >= 11 is 0. The molecule has 0 saturated carbocycles. The second kappa shape index (κ2) is 9.65. The lowest BCUT2D eigenvalue weighted by Crippen LogP contribution is -2.20. The first-order valence-corrected chi connectivity index (χ1v) is 9.46. The number of nitro benzene ring substituents is 1. The second-order valence-electron chi connectivity index (χ2n) is 6.74. The van der Waals surface area contributed by atoms with Gasteiger partial charge in [0.1, 0.15) is 0 Å². The van der Waals surface area contributed by atoms with Crippen LogP contribution in [0.5, 0.6) is 0 Å². The number of carbonyl (C=O) groups is 2. The first-order chi connectivity index (χ1) is 15.3. The highest BCUT2D eigenvalue weighted by Crippen LogP contribution is 2.22. The Morgan fingerprint density at radius 2 is 1.94 bits per heavy atom. The fraction of sp³-hybridized carbons (Fsp3) is 0.136. The lowest BCUT2D eigenvalue weighted by atomic mass is 10.2. The van der Waals surface area contributed by atoms with E-state index >= 15 is 0 Å². The fourth-order valence-corrected chi connectivity index (χ4v) is 2.98. The number of ether oxygens (including phenoxy) is 1. The average molecular weight is 438 g/mol. The third-order valence-electron chi connectivity index (χ3n) is 4.51. The predicted molar refractivity (Wildman–Crippen MR) is 115 cm³/mol. The summed E-state index contributed by atoms with van der Waals surface area (Å²) < 4.78 is 20.0. The molecule has 1 aromatic heterocycles. The Morgan fingerprint density at radius 3 is 2.62 bits per heavy atom. The van der Waals surface area contributed by atoms with E-state index in [2.05, 4.69) is 10.4 Å². The van der Waals surface area contributed by atoms with E-state index in [-0.39, 0.29) is 5.69 Å². The number of halogens is 1. The number of anilines is 1. The monoisotopic (exact) mass is 438 g/mol. The lowest BCUT2D eigenvalue weighted by Gasteiger charge is -2.05. The Balaban J connectivity index is 1.60. The molecule has 0 atom stereocenters. The number of hydrogen-bond donors (Lipinski definition) is 1. The normalized spacial score (nSPS) is 10.8. The number of hydrogen-bond acceptors (Lipinski definition) is 6. The van der Waals surface area contributed by atoms with Crippen LogP contribution in [0.4, 0.5) is 15.8 Å². The van der Waals surface area contributed by atoms with Crippen LogP contribution in [0.25, 0.3) is 11.8 Å². The van der Waals surface area contributed by atoms with Crippen molar-refractivity contribution in [1.29, 1.82) is 0 Å². The van der Waals surface area contributed by atoms with Crippen LogP contribution >= 0.6 is 0 Å². The third-order valence-corrected chi connectivity index (χ3v) is 4.51. The highest BCUT2D eigenvalue weighted by molar-refractivity contribution is 5.95. The van der Waals surface area contributed by atoms with Gasteiger partial charge in [0.2, 0.25) is 5.82 Å². The molecule has 164 valence electrons. The molecule has 0 spiro atoms. The maximum absolute atomic E-state index is 13.4. The van der Waals surface area contributed by atoms with Crippen LogP contribution in [-0.2, 0) is 14.3 Å². The number of benzene rings is 2. The molecule has 0 saturated heterocycles. The fourth-order valence-electron chi connectivity index (χ4n) is 2.98. The van der Waals surface area contributed by atoms with Crippen LogP contribution in [-0.4, -0.2) is 33.2 Å². The van der Waals surface area contributed by atoms with E-state index in [1.54, 1.807) is 10.8 Å². The predicted octanol–water partition coefficient (Wildman–Crippen LogP) is 3.73. The van der Waals surface area contributed by atoms with E-state index < -0.39 is 34.9 Å². The van der Waals surface area contributed by atoms with Crippen molar-refractivity contribution in [1.82, 2.24) is 9.78 Å². The van der Waals surface area contributed by atoms with Gasteiger partial charge in [-0.3, -0.25) is 14.9 Å². The topological polar surface area (TPSA) is 116 Å². The number of nitro groups is 1. The van der Waals surface area contributed by atoms with Gasteiger partial charge in [-0.05, 0) is 44.2 Å². The molecule has 1 amide bonds. The molecular weight excluding hydrogens is 419 g/mol. The zero-order valence-electron chi connectivity index (χ0n) is 17.2. The molecule has 32 heavy (non-hydrogen) atoms. The van der Waals surface area contributed by atoms with E-state index in [9.17, 15) is 24.1 Å². The largest absolute Gasteiger partial charge is 0.452 e. The lowest BCUT2D eigenvalue weighted by molar-refractivity contribution is -0.387. The number of rotatable bonds is 7. The third kappa shape index (κ3) is 5.22. The number of carbonyl (C=O) groups excluding carboxylic acids is 2. The van der Waals surface area contributed by atoms with Gasteiger partial charge in [0, 0.05) is 29.1 Å². The Bertz CT molecular complexity index is 1200. The molecule has 0 radical (unpaired) electrons. The van der Waals surface area contributed by atoms with Crippen LogP contribution < -0.4 is 5.32 Å². The highest BCUT2D eigenvalue weighted by atomic mass is 19.1. The molecule has 1 N–H and O–H groups in total. The van der Waals surface area contributed by atoms with Crippen molar-refractivity contribution in [2.24, 2.45) is 0 Å². The summed E-state index contributed by atoms with van der Waals surface area (Å²) in [6.07, 6.45) is 2.74. The molecule has 0 aliphatic heterocycles. The van der Waals surface area contributed by atoms with Crippen LogP contribution in [0, 0.1) is 29.8 Å². The van der Waals surface area contributed by atoms with Crippen LogP contribution in [0.3, 0.4) is 0 Å². The molecule has 0 aliphatic carbocycles. The standard InChI is InChI=1S/C22H19FN4O5/c1-14-18(15(2)26(25-14)17-6-4-3-5-7-17)9-11-22(29)32-13-21(28)24-16-8-10-19(23)20(12-16)27(30)31/h3-12H,13H2,1-2H3,(H,24,28)/b11-9+. The summed E-state index contributed by atoms with van der Waals surface area (Å²) in [6, 6.07) is 12.4. The van der Waals surface area contributed by atoms with Crippen molar-refractivity contribution in [3.05, 3.63) is 87.5 Å². The van der Waals surface area contributed by atoms with Crippen molar-refractivity contribution in [3.8, 4) is 5.69 Å². The number of esters is 1. The van der Waals surface area contributed by atoms with Crippen LogP contribution in [0.2, 0.25) is 0 Å². The van der Waals surface area contributed by atoms with Crippen LogP contribution in [0.1, 0.15) is 17.0 Å². The number of aromatic nitrogens is 2. The average Bonchev–Trinajstić information content (AvgIpc) is 3.06. The molecule has 1 heterocycles. The smallest absolute Gasteiger partial charge is 0.331 e. The van der Waals surface area contributed by atoms with Gasteiger partial charge in [-0.15, -0.1) is 0 Å². The zero-order chi connectivity index (χ0) is 23.3. The first kappa shape index (κ1) is 22.3. The second-order valence-corrected chi connectivity index (χ2v) is 6.74. The van der Waals surface area contributed by atoms with Gasteiger partial charge in [0.05, 0.1) is 16.3 Å². The minimum Gasteiger partial charge on any atom is -0.452 e. The Hall–Kier alpha value is -4.34. The zero-order valence-corrected chi connectivity index (χ0v) is 17.2. The Morgan fingerprint density at radius 1 is 1.22 bits per heavy atom. The first-order valence-electron chi connectivity index (χ1n) is 9.46. The summed E-state index contributed by atoms with van der Waals surface area (Å²) in [5.41, 5.74) is 2.40. The molecule has 3 rings (SSSR count). The maximum atomic E-state index is 13.4. The van der Waals surface area contributed by atoms with Gasteiger partial charge in [0.15, 0.2) is 6.61 Å². The van der Waals surface area contributed by atoms with E-state index in [1.165, 1.54) is 6.08 Å². The quantitative estimate of drug-likeness (QED) is 0.260. The van der Waals surface area contributed by atoms with Crippen molar-refractivity contribution in [2.45, 2.75) is 13.8 Å². The summed E-state index contributed by atoms with van der Waals surface area (Å²) in [5.74, 6) is -2.50. The van der Waals surface area contributed by atoms with E-state index in [1.807, 2.05) is 44.2 Å². The minimum atomic E-state index is -1.02. The molecule has 0 aliphatic rings. The number of nitrogens with zero attached hydrogens (tertiary/aromatic N) is 3. The van der Waals surface area contributed by atoms with Crippen molar-refractivity contribution in [2.75, 3.05) is 11.9 Å². The summed E-state index contributed by atoms with van der Waals surface area (Å²) in [5, 5.41) is 17.6. The molecule has 2 aromatic carbocycles. The summed E-state index contributed by atoms with van der Waals surface area (Å²) in [6.45, 7) is 3.07. The molecular formula is C22H19FN4O5.